The van der Waals surface area contributed by atoms with Crippen molar-refractivity contribution >= 4 is 17.2 Å². The maximum absolute atomic E-state index is 12.5. The van der Waals surface area contributed by atoms with Crippen LogP contribution in [0.3, 0.4) is 0 Å². The Bertz CT molecular complexity index is 907. The molecule has 4 rings (SSSR count). The van der Waals surface area contributed by atoms with Crippen molar-refractivity contribution in [3.63, 3.8) is 0 Å². The third-order valence-corrected chi connectivity index (χ3v) is 5.85. The highest BCUT2D eigenvalue weighted by molar-refractivity contribution is 7.15. The van der Waals surface area contributed by atoms with E-state index in [1.807, 2.05) is 24.3 Å². The average molecular weight is 365 g/mol. The molecule has 1 aliphatic rings. The number of phenols is 1. The minimum atomic E-state index is -0.0352. The minimum absolute atomic E-state index is 0.0352. The predicted octanol–water partition coefficient (Wildman–Crippen LogP) is 3.33. The molecule has 0 aliphatic heterocycles. The number of phenolic OH excluding ortho intramolecular Hbond substituents is 1. The summed E-state index contributed by atoms with van der Waals surface area (Å²) in [6, 6.07) is 10.8. The lowest BCUT2D eigenvalue weighted by Gasteiger charge is -2.20. The number of aromatic hydroxyl groups is 1. The van der Waals surface area contributed by atoms with Crippen LogP contribution in [0.4, 0.5) is 0 Å². The van der Waals surface area contributed by atoms with Crippen LogP contribution in [0.15, 0.2) is 48.8 Å². The lowest BCUT2D eigenvalue weighted by atomic mass is 9.90. The van der Waals surface area contributed by atoms with E-state index in [1.165, 1.54) is 4.88 Å². The second-order valence-electron chi connectivity index (χ2n) is 6.45. The van der Waals surface area contributed by atoms with Gasteiger partial charge in [-0.05, 0) is 42.7 Å². The highest BCUT2D eigenvalue weighted by Gasteiger charge is 2.27. The monoisotopic (exact) mass is 365 g/mol. The molecule has 0 radical (unpaired) electrons. The van der Waals surface area contributed by atoms with Gasteiger partial charge in [-0.2, -0.15) is 0 Å². The molecule has 0 bridgehead atoms. The summed E-state index contributed by atoms with van der Waals surface area (Å²) in [5.74, 6) is 0.266. The van der Waals surface area contributed by atoms with Gasteiger partial charge in [0.2, 0.25) is 5.91 Å². The van der Waals surface area contributed by atoms with Crippen molar-refractivity contribution in [1.29, 1.82) is 0 Å². The number of benzene rings is 1. The van der Waals surface area contributed by atoms with E-state index in [1.54, 1.807) is 35.9 Å². The minimum Gasteiger partial charge on any atom is -0.508 e. The summed E-state index contributed by atoms with van der Waals surface area (Å²) in [6.45, 7) is 0.474. The number of pyridine rings is 1. The summed E-state index contributed by atoms with van der Waals surface area (Å²) in [6.07, 6.45) is 5.99. The van der Waals surface area contributed by atoms with Gasteiger partial charge in [-0.15, -0.1) is 11.3 Å². The number of aryl methyl sites for hydroxylation is 1. The Morgan fingerprint density at radius 1 is 1.19 bits per heavy atom. The fraction of sp³-hybridized carbons (Fsp3) is 0.250. The second kappa shape index (κ2) is 7.25. The summed E-state index contributed by atoms with van der Waals surface area (Å²) in [5, 5.41) is 13.3. The maximum atomic E-state index is 12.5. The van der Waals surface area contributed by atoms with E-state index in [0.29, 0.717) is 13.0 Å². The lowest BCUT2D eigenvalue weighted by Crippen LogP contribution is -2.33. The molecule has 1 atom stereocenters. The molecule has 1 unspecified atom stereocenters. The van der Waals surface area contributed by atoms with Crippen LogP contribution in [0.25, 0.3) is 10.6 Å². The molecule has 0 saturated heterocycles. The Morgan fingerprint density at radius 3 is 2.73 bits per heavy atom. The molecule has 2 heterocycles. The molecule has 2 N–H and O–H groups in total. The molecule has 6 heteroatoms. The van der Waals surface area contributed by atoms with Gasteiger partial charge >= 0.3 is 0 Å². The number of carbonyl (C=O) groups excluding carboxylic acids is 1. The summed E-state index contributed by atoms with van der Waals surface area (Å²) < 4.78 is 0. The highest BCUT2D eigenvalue weighted by atomic mass is 32.1. The van der Waals surface area contributed by atoms with Gasteiger partial charge in [0.05, 0.1) is 5.69 Å². The quantitative estimate of drug-likeness (QED) is 0.744. The molecule has 1 amide bonds. The van der Waals surface area contributed by atoms with Gasteiger partial charge in [-0.3, -0.25) is 9.78 Å². The first-order chi connectivity index (χ1) is 12.7. The summed E-state index contributed by atoms with van der Waals surface area (Å²) >= 11 is 1.72. The number of hydrogen-bond donors (Lipinski definition) is 2. The van der Waals surface area contributed by atoms with Crippen LogP contribution < -0.4 is 5.32 Å². The number of aromatic nitrogens is 2. The van der Waals surface area contributed by atoms with Crippen molar-refractivity contribution < 1.29 is 9.90 Å². The van der Waals surface area contributed by atoms with Crippen molar-refractivity contribution in [1.82, 2.24) is 15.3 Å². The second-order valence-corrected chi connectivity index (χ2v) is 7.53. The SMILES string of the molecule is O=C(NCc1ccc(O)cc1)C1CCc2sc(-c3ccncc3)nc2C1. The van der Waals surface area contributed by atoms with Gasteiger partial charge in [-0.1, -0.05) is 12.1 Å². The molecule has 1 aliphatic carbocycles. The van der Waals surface area contributed by atoms with Crippen molar-refractivity contribution in [3.8, 4) is 16.3 Å². The number of rotatable bonds is 4. The molecule has 26 heavy (non-hydrogen) atoms. The number of amides is 1. The van der Waals surface area contributed by atoms with Crippen LogP contribution in [0.5, 0.6) is 5.75 Å². The Kier molecular flexibility index (Phi) is 4.67. The molecule has 2 aromatic heterocycles. The number of hydrogen-bond acceptors (Lipinski definition) is 5. The molecular formula is C20H19N3O2S. The van der Waals surface area contributed by atoms with E-state index < -0.39 is 0 Å². The highest BCUT2D eigenvalue weighted by Crippen LogP contribution is 2.34. The standard InChI is InChI=1S/C20H19N3O2S/c24-16-4-1-13(2-5-16)12-22-19(25)15-3-6-18-17(11-15)23-20(26-18)14-7-9-21-10-8-14/h1-2,4-5,7-10,15,24H,3,6,11-12H2,(H,22,25). The molecule has 3 aromatic rings. The maximum Gasteiger partial charge on any atom is 0.223 e. The Labute approximate surface area is 155 Å². The molecule has 5 nitrogen and oxygen atoms in total. The van der Waals surface area contributed by atoms with E-state index >= 15 is 0 Å². The van der Waals surface area contributed by atoms with Gasteiger partial charge < -0.3 is 10.4 Å². The molecule has 0 saturated carbocycles. The number of fused-ring (bicyclic) bond motifs is 1. The smallest absolute Gasteiger partial charge is 0.223 e. The van der Waals surface area contributed by atoms with Gasteiger partial charge in [0, 0.05) is 41.7 Å². The van der Waals surface area contributed by atoms with Crippen LogP contribution in [-0.2, 0) is 24.2 Å². The van der Waals surface area contributed by atoms with E-state index in [-0.39, 0.29) is 17.6 Å². The number of thiazole rings is 1. The van der Waals surface area contributed by atoms with Crippen LogP contribution in [0, 0.1) is 5.92 Å². The summed E-state index contributed by atoms with van der Waals surface area (Å²) in [4.78, 5) is 22.6. The molecule has 1 aromatic carbocycles. The zero-order valence-electron chi connectivity index (χ0n) is 14.2. The van der Waals surface area contributed by atoms with Gasteiger partial charge in [0.15, 0.2) is 0 Å². The van der Waals surface area contributed by atoms with Crippen LogP contribution >= 0.6 is 11.3 Å². The molecule has 0 spiro atoms. The zero-order chi connectivity index (χ0) is 17.9. The Balaban J connectivity index is 1.40. The van der Waals surface area contributed by atoms with Crippen molar-refractivity contribution in [3.05, 3.63) is 64.9 Å². The van der Waals surface area contributed by atoms with E-state index in [0.717, 1.165) is 34.7 Å². The first-order valence-corrected chi connectivity index (χ1v) is 9.45. The Morgan fingerprint density at radius 2 is 1.96 bits per heavy atom. The van der Waals surface area contributed by atoms with E-state index in [9.17, 15) is 9.90 Å². The normalized spacial score (nSPS) is 16.1. The number of nitrogens with zero attached hydrogens (tertiary/aromatic N) is 2. The predicted molar refractivity (Wildman–Crippen MR) is 101 cm³/mol. The van der Waals surface area contributed by atoms with Crippen molar-refractivity contribution in [2.45, 2.75) is 25.8 Å². The fourth-order valence-electron chi connectivity index (χ4n) is 3.17. The lowest BCUT2D eigenvalue weighted by molar-refractivity contribution is -0.125. The molecular weight excluding hydrogens is 346 g/mol. The van der Waals surface area contributed by atoms with Crippen LogP contribution in [0.2, 0.25) is 0 Å². The average Bonchev–Trinajstić information content (AvgIpc) is 3.11. The third kappa shape index (κ3) is 3.60. The van der Waals surface area contributed by atoms with Crippen molar-refractivity contribution in [2.75, 3.05) is 0 Å². The van der Waals surface area contributed by atoms with Gasteiger partial charge in [0.1, 0.15) is 10.8 Å². The topological polar surface area (TPSA) is 75.1 Å². The summed E-state index contributed by atoms with van der Waals surface area (Å²) in [7, 11) is 0. The number of carbonyl (C=O) groups is 1. The number of nitrogens with one attached hydrogen (secondary N) is 1. The van der Waals surface area contributed by atoms with Crippen molar-refractivity contribution in [2.24, 2.45) is 5.92 Å². The molecule has 132 valence electrons. The van der Waals surface area contributed by atoms with Crippen LogP contribution in [-0.4, -0.2) is 21.0 Å². The van der Waals surface area contributed by atoms with Gasteiger partial charge in [0.25, 0.3) is 0 Å². The first-order valence-electron chi connectivity index (χ1n) is 8.63. The van der Waals surface area contributed by atoms with E-state index in [4.69, 9.17) is 4.98 Å². The van der Waals surface area contributed by atoms with Gasteiger partial charge in [-0.25, -0.2) is 4.98 Å². The largest absolute Gasteiger partial charge is 0.508 e. The summed E-state index contributed by atoms with van der Waals surface area (Å²) in [5.41, 5.74) is 3.10. The molecule has 0 fully saturated rings. The first kappa shape index (κ1) is 16.7. The fourth-order valence-corrected chi connectivity index (χ4v) is 4.28. The third-order valence-electron chi connectivity index (χ3n) is 4.64. The van der Waals surface area contributed by atoms with Crippen LogP contribution in [0.1, 0.15) is 22.6 Å². The zero-order valence-corrected chi connectivity index (χ0v) is 15.0. The van der Waals surface area contributed by atoms with E-state index in [2.05, 4.69) is 10.3 Å². The Hall–Kier alpha value is -2.73.